The molecular weight excluding hydrogens is 244 g/mol. The zero-order chi connectivity index (χ0) is 13.0. The SMILES string of the molecule is CC12CCC(=O)CC1CC1OC13C(=O)CCC1OC123. The van der Waals surface area contributed by atoms with Crippen molar-refractivity contribution in [3.8, 4) is 0 Å². The van der Waals surface area contributed by atoms with Crippen LogP contribution in [0.5, 0.6) is 0 Å². The average molecular weight is 262 g/mol. The van der Waals surface area contributed by atoms with Crippen molar-refractivity contribution in [2.75, 3.05) is 0 Å². The van der Waals surface area contributed by atoms with Crippen LogP contribution in [0.1, 0.15) is 45.4 Å². The van der Waals surface area contributed by atoms with E-state index in [2.05, 4.69) is 6.92 Å². The number of carbonyl (C=O) groups excluding carboxylic acids is 2. The Morgan fingerprint density at radius 1 is 1.16 bits per heavy atom. The van der Waals surface area contributed by atoms with Gasteiger partial charge in [-0.2, -0.15) is 0 Å². The molecule has 0 amide bonds. The predicted octanol–water partition coefficient (Wildman–Crippen LogP) is 1.40. The second kappa shape index (κ2) is 2.82. The maximum Gasteiger partial charge on any atom is 0.184 e. The molecule has 0 radical (unpaired) electrons. The summed E-state index contributed by atoms with van der Waals surface area (Å²) in [6.45, 7) is 2.24. The van der Waals surface area contributed by atoms with Crippen LogP contribution >= 0.6 is 0 Å². The second-order valence-corrected chi connectivity index (χ2v) is 7.24. The van der Waals surface area contributed by atoms with Crippen molar-refractivity contribution in [3.05, 3.63) is 0 Å². The molecule has 2 spiro atoms. The molecule has 5 aliphatic rings. The first-order chi connectivity index (χ1) is 9.04. The third-order valence-electron chi connectivity index (χ3n) is 6.69. The average Bonchev–Trinajstić information content (AvgIpc) is 3.24. The third-order valence-corrected chi connectivity index (χ3v) is 6.69. The highest BCUT2D eigenvalue weighted by atomic mass is 16.7. The molecule has 4 heteroatoms. The van der Waals surface area contributed by atoms with Gasteiger partial charge in [0, 0.05) is 24.7 Å². The fourth-order valence-electron chi connectivity index (χ4n) is 5.63. The van der Waals surface area contributed by atoms with E-state index >= 15 is 0 Å². The Morgan fingerprint density at radius 2 is 2.00 bits per heavy atom. The Balaban J connectivity index is 1.66. The van der Waals surface area contributed by atoms with Crippen LogP contribution in [0, 0.1) is 11.3 Å². The lowest BCUT2D eigenvalue weighted by atomic mass is 9.49. The van der Waals surface area contributed by atoms with Gasteiger partial charge in [0.2, 0.25) is 0 Å². The summed E-state index contributed by atoms with van der Waals surface area (Å²) in [6, 6.07) is 0. The van der Waals surface area contributed by atoms with Gasteiger partial charge in [0.25, 0.3) is 0 Å². The Bertz CT molecular complexity index is 528. The predicted molar refractivity (Wildman–Crippen MR) is 64.5 cm³/mol. The highest BCUT2D eigenvalue weighted by Crippen LogP contribution is 2.76. The maximum absolute atomic E-state index is 12.4. The summed E-state index contributed by atoms with van der Waals surface area (Å²) in [5.74, 6) is 0.958. The van der Waals surface area contributed by atoms with Crippen LogP contribution in [0.4, 0.5) is 0 Å². The number of ketones is 2. The summed E-state index contributed by atoms with van der Waals surface area (Å²) in [4.78, 5) is 24.2. The van der Waals surface area contributed by atoms with Crippen LogP contribution in [0.15, 0.2) is 0 Å². The zero-order valence-corrected chi connectivity index (χ0v) is 11.1. The summed E-state index contributed by atoms with van der Waals surface area (Å²) >= 11 is 0. The van der Waals surface area contributed by atoms with Crippen LogP contribution in [0.3, 0.4) is 0 Å². The minimum absolute atomic E-state index is 0.0225. The normalized spacial score (nSPS) is 61.6. The van der Waals surface area contributed by atoms with E-state index in [1.54, 1.807) is 0 Å². The molecule has 6 unspecified atom stereocenters. The van der Waals surface area contributed by atoms with E-state index in [-0.39, 0.29) is 29.0 Å². The number of fused-ring (bicyclic) bond motifs is 1. The number of hydrogen-bond donors (Lipinski definition) is 0. The molecule has 2 saturated heterocycles. The van der Waals surface area contributed by atoms with Gasteiger partial charge in [0.15, 0.2) is 11.4 Å². The molecule has 0 aromatic heterocycles. The van der Waals surface area contributed by atoms with E-state index in [9.17, 15) is 9.59 Å². The molecule has 2 aliphatic heterocycles. The van der Waals surface area contributed by atoms with Crippen molar-refractivity contribution >= 4 is 11.6 Å². The standard InChI is InChI=1S/C15H18O4/c1-13-5-4-9(16)6-8(13)7-12-14(18-12)10(17)2-3-11-15(13,14)19-11/h8,11-12H,2-7H2,1H3. The highest BCUT2D eigenvalue weighted by molar-refractivity contribution is 5.95. The van der Waals surface area contributed by atoms with Crippen molar-refractivity contribution in [1.29, 1.82) is 0 Å². The summed E-state index contributed by atoms with van der Waals surface area (Å²) in [5.41, 5.74) is -1.06. The molecule has 2 heterocycles. The first-order valence-electron chi connectivity index (χ1n) is 7.45. The molecule has 0 bridgehead atoms. The molecule has 3 aliphatic carbocycles. The van der Waals surface area contributed by atoms with E-state index < -0.39 is 5.60 Å². The Hall–Kier alpha value is -0.740. The monoisotopic (exact) mass is 262 g/mol. The van der Waals surface area contributed by atoms with Crippen LogP contribution in [0.25, 0.3) is 0 Å². The third kappa shape index (κ3) is 0.915. The summed E-state index contributed by atoms with van der Waals surface area (Å²) in [7, 11) is 0. The number of Topliss-reactive ketones (excluding diaryl/α,β-unsaturated/α-hetero) is 2. The highest BCUT2D eigenvalue weighted by Gasteiger charge is 2.92. The van der Waals surface area contributed by atoms with E-state index in [4.69, 9.17) is 9.47 Å². The van der Waals surface area contributed by atoms with Crippen molar-refractivity contribution in [3.63, 3.8) is 0 Å². The minimum Gasteiger partial charge on any atom is -0.362 e. The van der Waals surface area contributed by atoms with Gasteiger partial charge < -0.3 is 9.47 Å². The molecule has 5 fully saturated rings. The molecule has 0 N–H and O–H groups in total. The number of rotatable bonds is 0. The lowest BCUT2D eigenvalue weighted by molar-refractivity contribution is -0.138. The van der Waals surface area contributed by atoms with Crippen molar-refractivity contribution in [2.45, 2.75) is 68.9 Å². The van der Waals surface area contributed by atoms with Gasteiger partial charge in [-0.25, -0.2) is 0 Å². The van der Waals surface area contributed by atoms with Gasteiger partial charge in [-0.15, -0.1) is 0 Å². The van der Waals surface area contributed by atoms with Gasteiger partial charge >= 0.3 is 0 Å². The van der Waals surface area contributed by atoms with E-state index in [0.717, 1.165) is 19.3 Å². The van der Waals surface area contributed by atoms with Crippen molar-refractivity contribution < 1.29 is 19.1 Å². The molecule has 19 heavy (non-hydrogen) atoms. The Labute approximate surface area is 111 Å². The van der Waals surface area contributed by atoms with Crippen LogP contribution in [-0.4, -0.2) is 35.0 Å². The van der Waals surface area contributed by atoms with E-state index in [1.807, 2.05) is 0 Å². The molecule has 6 atom stereocenters. The van der Waals surface area contributed by atoms with Gasteiger partial charge in [0.05, 0.1) is 12.2 Å². The van der Waals surface area contributed by atoms with Crippen LogP contribution < -0.4 is 0 Å². The number of carbonyl (C=O) groups is 2. The largest absolute Gasteiger partial charge is 0.362 e. The smallest absolute Gasteiger partial charge is 0.184 e. The molecule has 4 nitrogen and oxygen atoms in total. The molecular formula is C15H18O4. The van der Waals surface area contributed by atoms with Crippen molar-refractivity contribution in [1.82, 2.24) is 0 Å². The lowest BCUT2D eigenvalue weighted by Gasteiger charge is -2.50. The Kier molecular flexibility index (Phi) is 1.63. The second-order valence-electron chi connectivity index (χ2n) is 7.24. The van der Waals surface area contributed by atoms with E-state index in [1.165, 1.54) is 0 Å². The molecule has 5 rings (SSSR count). The lowest BCUT2D eigenvalue weighted by Crippen LogP contribution is -2.63. The topological polar surface area (TPSA) is 59.2 Å². The molecule has 0 aromatic carbocycles. The summed E-state index contributed by atoms with van der Waals surface area (Å²) in [6.07, 6.45) is 4.67. The molecule has 102 valence electrons. The van der Waals surface area contributed by atoms with E-state index in [0.29, 0.717) is 31.0 Å². The Morgan fingerprint density at radius 3 is 2.84 bits per heavy atom. The first kappa shape index (κ1) is 11.0. The van der Waals surface area contributed by atoms with Crippen molar-refractivity contribution in [2.24, 2.45) is 11.3 Å². The zero-order valence-electron chi connectivity index (χ0n) is 11.1. The van der Waals surface area contributed by atoms with Crippen LogP contribution in [-0.2, 0) is 19.1 Å². The minimum atomic E-state index is -0.623. The number of hydrogen-bond acceptors (Lipinski definition) is 4. The summed E-state index contributed by atoms with van der Waals surface area (Å²) < 4.78 is 12.1. The van der Waals surface area contributed by atoms with Gasteiger partial charge in [-0.05, 0) is 25.2 Å². The van der Waals surface area contributed by atoms with Crippen LogP contribution in [0.2, 0.25) is 0 Å². The van der Waals surface area contributed by atoms with Gasteiger partial charge in [-0.3, -0.25) is 9.59 Å². The van der Waals surface area contributed by atoms with Gasteiger partial charge in [-0.1, -0.05) is 6.92 Å². The quantitative estimate of drug-likeness (QED) is 0.619. The fraction of sp³-hybridized carbons (Fsp3) is 0.867. The fourth-order valence-corrected chi connectivity index (χ4v) is 5.63. The molecule has 0 aromatic rings. The first-order valence-corrected chi connectivity index (χ1v) is 7.45. The maximum atomic E-state index is 12.4. The van der Waals surface area contributed by atoms with Gasteiger partial charge in [0.1, 0.15) is 11.4 Å². The molecule has 3 saturated carbocycles. The summed E-state index contributed by atoms with van der Waals surface area (Å²) in [5, 5.41) is 0. The number of epoxide rings is 2. The number of ether oxygens (including phenoxy) is 2.